The molecule has 1 N–H and O–H groups in total. The summed E-state index contributed by atoms with van der Waals surface area (Å²) in [7, 11) is 0. The van der Waals surface area contributed by atoms with E-state index < -0.39 is 0 Å². The molecule has 5 nitrogen and oxygen atoms in total. The molecular weight excluding hydrogens is 410 g/mol. The van der Waals surface area contributed by atoms with E-state index in [4.69, 9.17) is 16.3 Å². The van der Waals surface area contributed by atoms with E-state index in [-0.39, 0.29) is 12.5 Å². The number of hydrogen-bond acceptors (Lipinski definition) is 3. The molecule has 0 radical (unpaired) electrons. The second-order valence-electron chi connectivity index (χ2n) is 7.10. The smallest absolute Gasteiger partial charge is 0.277 e. The molecule has 4 rings (SSSR count). The summed E-state index contributed by atoms with van der Waals surface area (Å²) in [5, 5.41) is 5.70. The molecule has 0 spiro atoms. The molecule has 0 saturated heterocycles. The SMILES string of the molecule is Cc1c(/C=N/NC(=O)COc2ccccc2Cl)c2ccccc2n1Cc1ccccc1. The molecule has 0 aliphatic carbocycles. The molecule has 0 unspecified atom stereocenters. The van der Waals surface area contributed by atoms with E-state index >= 15 is 0 Å². The summed E-state index contributed by atoms with van der Waals surface area (Å²) >= 11 is 6.04. The van der Waals surface area contributed by atoms with Crippen LogP contribution < -0.4 is 10.2 Å². The highest BCUT2D eigenvalue weighted by molar-refractivity contribution is 6.32. The predicted octanol–water partition coefficient (Wildman–Crippen LogP) is 5.18. The number of carbonyl (C=O) groups is 1. The topological polar surface area (TPSA) is 55.6 Å². The average Bonchev–Trinajstić information content (AvgIpc) is 3.05. The fourth-order valence-electron chi connectivity index (χ4n) is 3.50. The fraction of sp³-hybridized carbons (Fsp3) is 0.120. The number of benzene rings is 3. The van der Waals surface area contributed by atoms with Crippen LogP contribution in [0.25, 0.3) is 10.9 Å². The molecule has 0 fully saturated rings. The van der Waals surface area contributed by atoms with E-state index in [0.29, 0.717) is 10.8 Å². The number of rotatable bonds is 7. The number of halogens is 1. The second kappa shape index (κ2) is 9.49. The number of fused-ring (bicyclic) bond motifs is 1. The van der Waals surface area contributed by atoms with Gasteiger partial charge >= 0.3 is 0 Å². The third-order valence-corrected chi connectivity index (χ3v) is 5.35. The van der Waals surface area contributed by atoms with Gasteiger partial charge < -0.3 is 9.30 Å². The lowest BCUT2D eigenvalue weighted by Crippen LogP contribution is -2.24. The number of carbonyl (C=O) groups excluding carboxylic acids is 1. The minimum absolute atomic E-state index is 0.171. The van der Waals surface area contributed by atoms with Crippen molar-refractivity contribution in [1.82, 2.24) is 9.99 Å². The van der Waals surface area contributed by atoms with Crippen LogP contribution in [0.1, 0.15) is 16.8 Å². The van der Waals surface area contributed by atoms with Gasteiger partial charge in [0, 0.05) is 28.7 Å². The number of ether oxygens (including phenoxy) is 1. The van der Waals surface area contributed by atoms with Crippen LogP contribution in [0.5, 0.6) is 5.75 Å². The summed E-state index contributed by atoms with van der Waals surface area (Å²) in [6, 6.07) is 25.5. The van der Waals surface area contributed by atoms with E-state index in [2.05, 4.69) is 46.3 Å². The Balaban J connectivity index is 1.49. The van der Waals surface area contributed by atoms with Crippen molar-refractivity contribution >= 4 is 34.6 Å². The minimum Gasteiger partial charge on any atom is -0.482 e. The Bertz CT molecular complexity index is 1230. The molecule has 0 aliphatic rings. The van der Waals surface area contributed by atoms with Gasteiger partial charge in [-0.25, -0.2) is 5.43 Å². The van der Waals surface area contributed by atoms with Crippen LogP contribution in [-0.2, 0) is 11.3 Å². The van der Waals surface area contributed by atoms with Gasteiger partial charge in [0.2, 0.25) is 0 Å². The van der Waals surface area contributed by atoms with Crippen LogP contribution >= 0.6 is 11.6 Å². The molecule has 156 valence electrons. The quantitative estimate of drug-likeness (QED) is 0.324. The molecule has 0 aliphatic heterocycles. The van der Waals surface area contributed by atoms with E-state index in [0.717, 1.165) is 28.7 Å². The maximum atomic E-state index is 12.1. The summed E-state index contributed by atoms with van der Waals surface area (Å²) in [6.45, 7) is 2.65. The van der Waals surface area contributed by atoms with Gasteiger partial charge in [-0.15, -0.1) is 0 Å². The van der Waals surface area contributed by atoms with Crippen molar-refractivity contribution in [2.75, 3.05) is 6.61 Å². The first-order valence-electron chi connectivity index (χ1n) is 9.94. The fourth-order valence-corrected chi connectivity index (χ4v) is 3.69. The summed E-state index contributed by atoms with van der Waals surface area (Å²) in [6.07, 6.45) is 1.69. The molecule has 4 aromatic rings. The van der Waals surface area contributed by atoms with Crippen molar-refractivity contribution in [3.8, 4) is 5.75 Å². The first-order chi connectivity index (χ1) is 15.1. The molecule has 0 bridgehead atoms. The summed E-state index contributed by atoms with van der Waals surface area (Å²) in [5.74, 6) is 0.102. The van der Waals surface area contributed by atoms with Crippen LogP contribution in [0.2, 0.25) is 5.02 Å². The van der Waals surface area contributed by atoms with Gasteiger partial charge in [-0.2, -0.15) is 5.10 Å². The highest BCUT2D eigenvalue weighted by atomic mass is 35.5. The average molecular weight is 432 g/mol. The first kappa shape index (κ1) is 20.7. The van der Waals surface area contributed by atoms with Crippen molar-refractivity contribution in [2.24, 2.45) is 5.10 Å². The Kier molecular flexibility index (Phi) is 6.34. The van der Waals surface area contributed by atoms with Crippen LogP contribution in [0.15, 0.2) is 84.0 Å². The standard InChI is InChI=1S/C25H22ClN3O2/c1-18-21(15-27-28-25(30)17-31-24-14-8-6-12-22(24)26)20-11-5-7-13-23(20)29(18)16-19-9-3-2-4-10-19/h2-15H,16-17H2,1H3,(H,28,30)/b27-15+. The third-order valence-electron chi connectivity index (χ3n) is 5.04. The van der Waals surface area contributed by atoms with Gasteiger partial charge in [-0.3, -0.25) is 4.79 Å². The number of nitrogens with one attached hydrogen (secondary N) is 1. The van der Waals surface area contributed by atoms with Gasteiger partial charge in [0.25, 0.3) is 5.91 Å². The monoisotopic (exact) mass is 431 g/mol. The van der Waals surface area contributed by atoms with E-state index in [1.807, 2.05) is 30.3 Å². The number of para-hydroxylation sites is 2. The molecule has 3 aromatic carbocycles. The Hall–Kier alpha value is -3.57. The number of aromatic nitrogens is 1. The lowest BCUT2D eigenvalue weighted by molar-refractivity contribution is -0.123. The molecule has 0 atom stereocenters. The Morgan fingerprint density at radius 3 is 2.55 bits per heavy atom. The molecule has 1 aromatic heterocycles. The minimum atomic E-state index is -0.359. The lowest BCUT2D eigenvalue weighted by Gasteiger charge is -2.08. The maximum Gasteiger partial charge on any atom is 0.277 e. The lowest BCUT2D eigenvalue weighted by atomic mass is 10.1. The molecule has 1 amide bonds. The van der Waals surface area contributed by atoms with Crippen molar-refractivity contribution in [1.29, 1.82) is 0 Å². The van der Waals surface area contributed by atoms with Gasteiger partial charge in [-0.05, 0) is 30.7 Å². The Morgan fingerprint density at radius 1 is 1.03 bits per heavy atom. The summed E-state index contributed by atoms with van der Waals surface area (Å²) in [4.78, 5) is 12.1. The van der Waals surface area contributed by atoms with Crippen molar-refractivity contribution < 1.29 is 9.53 Å². The highest BCUT2D eigenvalue weighted by Gasteiger charge is 2.13. The number of amides is 1. The molecule has 1 heterocycles. The second-order valence-corrected chi connectivity index (χ2v) is 7.51. The van der Waals surface area contributed by atoms with Crippen LogP contribution in [0, 0.1) is 6.92 Å². The Morgan fingerprint density at radius 2 is 1.74 bits per heavy atom. The molecular formula is C25H22ClN3O2. The number of hydrogen-bond donors (Lipinski definition) is 1. The van der Waals surface area contributed by atoms with Crippen molar-refractivity contribution in [2.45, 2.75) is 13.5 Å². The zero-order valence-corrected chi connectivity index (χ0v) is 17.8. The number of hydrazone groups is 1. The summed E-state index contributed by atoms with van der Waals surface area (Å²) < 4.78 is 7.70. The predicted molar refractivity (Wildman–Crippen MR) is 125 cm³/mol. The van der Waals surface area contributed by atoms with Gasteiger partial charge in [0.1, 0.15) is 5.75 Å². The zero-order chi connectivity index (χ0) is 21.6. The van der Waals surface area contributed by atoms with Crippen LogP contribution in [0.4, 0.5) is 0 Å². The molecule has 6 heteroatoms. The summed E-state index contributed by atoms with van der Waals surface area (Å²) in [5.41, 5.74) is 6.92. The largest absolute Gasteiger partial charge is 0.482 e. The van der Waals surface area contributed by atoms with E-state index in [9.17, 15) is 4.79 Å². The normalized spacial score (nSPS) is 11.2. The van der Waals surface area contributed by atoms with E-state index in [1.165, 1.54) is 5.56 Å². The van der Waals surface area contributed by atoms with Gasteiger partial charge in [0.05, 0.1) is 11.2 Å². The van der Waals surface area contributed by atoms with Gasteiger partial charge in [-0.1, -0.05) is 72.3 Å². The first-order valence-corrected chi connectivity index (χ1v) is 10.3. The highest BCUT2D eigenvalue weighted by Crippen LogP contribution is 2.26. The van der Waals surface area contributed by atoms with E-state index in [1.54, 1.807) is 30.5 Å². The third kappa shape index (κ3) is 4.78. The van der Waals surface area contributed by atoms with Crippen LogP contribution in [-0.4, -0.2) is 23.3 Å². The zero-order valence-electron chi connectivity index (χ0n) is 17.1. The van der Waals surface area contributed by atoms with Crippen molar-refractivity contribution in [3.05, 3.63) is 101 Å². The number of nitrogens with zero attached hydrogens (tertiary/aromatic N) is 2. The van der Waals surface area contributed by atoms with Crippen LogP contribution in [0.3, 0.4) is 0 Å². The maximum absolute atomic E-state index is 12.1. The Labute approximate surface area is 185 Å². The molecule has 31 heavy (non-hydrogen) atoms. The van der Waals surface area contributed by atoms with Gasteiger partial charge in [0.15, 0.2) is 6.61 Å². The van der Waals surface area contributed by atoms with Crippen molar-refractivity contribution in [3.63, 3.8) is 0 Å². The molecule has 0 saturated carbocycles.